The van der Waals surface area contributed by atoms with Crippen LogP contribution in [-0.4, -0.2) is 9.91 Å². The van der Waals surface area contributed by atoms with E-state index < -0.39 is 4.92 Å². The highest BCUT2D eigenvalue weighted by molar-refractivity contribution is 5.78. The predicted octanol–water partition coefficient (Wildman–Crippen LogP) is 0.104. The van der Waals surface area contributed by atoms with Crippen LogP contribution in [0, 0.1) is 10.1 Å². The van der Waals surface area contributed by atoms with Crippen LogP contribution in [0.2, 0.25) is 0 Å². The number of hydrogen-bond donors (Lipinski definition) is 0. The monoisotopic (exact) mass is 411 g/mol. The summed E-state index contributed by atoms with van der Waals surface area (Å²) in [5.41, 5.74) is 1.88. The van der Waals surface area contributed by atoms with Gasteiger partial charge in [-0.1, -0.05) is 6.92 Å². The van der Waals surface area contributed by atoms with E-state index in [1.807, 2.05) is 24.5 Å². The van der Waals surface area contributed by atoms with E-state index >= 15 is 0 Å². The van der Waals surface area contributed by atoms with Crippen LogP contribution in [0.1, 0.15) is 13.3 Å². The van der Waals surface area contributed by atoms with Crippen molar-refractivity contribution in [1.82, 2.24) is 4.98 Å². The number of halogens is 1. The third-order valence-electron chi connectivity index (χ3n) is 3.20. The van der Waals surface area contributed by atoms with Crippen LogP contribution in [0.4, 0.5) is 5.69 Å². The van der Waals surface area contributed by atoms with Gasteiger partial charge in [0.25, 0.3) is 5.69 Å². The van der Waals surface area contributed by atoms with Crippen LogP contribution < -0.4 is 28.5 Å². The maximum Gasteiger partial charge on any atom is 0.273 e. The molecule has 0 aliphatic rings. The Balaban J connectivity index is 0.00000176. The smallest absolute Gasteiger partial charge is 0.273 e. The number of aryl methyl sites for hydroxylation is 1. The van der Waals surface area contributed by atoms with Gasteiger partial charge >= 0.3 is 0 Å². The molecule has 0 saturated carbocycles. The minimum Gasteiger partial charge on any atom is -1.00 e. The van der Waals surface area contributed by atoms with E-state index in [4.69, 9.17) is 4.42 Å². The molecule has 6 nitrogen and oxygen atoms in total. The first-order valence-corrected chi connectivity index (χ1v) is 6.72. The molecule has 3 rings (SSSR count). The first kappa shape index (κ1) is 16.3. The van der Waals surface area contributed by atoms with Crippen molar-refractivity contribution in [3.05, 3.63) is 52.8 Å². The van der Waals surface area contributed by atoms with Gasteiger partial charge in [0.15, 0.2) is 18.0 Å². The zero-order valence-electron chi connectivity index (χ0n) is 11.9. The number of hydrogen-bond acceptors (Lipinski definition) is 4. The van der Waals surface area contributed by atoms with Gasteiger partial charge in [-0.15, -0.1) is 0 Å². The second-order valence-corrected chi connectivity index (χ2v) is 4.75. The molecule has 0 radical (unpaired) electrons. The summed E-state index contributed by atoms with van der Waals surface area (Å²) in [4.78, 5) is 14.7. The summed E-state index contributed by atoms with van der Waals surface area (Å²) >= 11 is 0. The molecule has 0 fully saturated rings. The van der Waals surface area contributed by atoms with Crippen molar-refractivity contribution >= 4 is 16.8 Å². The van der Waals surface area contributed by atoms with Crippen LogP contribution in [0.5, 0.6) is 0 Å². The molecule has 0 spiro atoms. The molecule has 0 aliphatic carbocycles. The standard InChI is InChI=1S/C15H14N3O3.HI/c1-2-7-17-8-5-11(6-9-17)15-16-13-4-3-12(18(19)20)10-14(13)21-15;/h3-6,8-10H,2,7H2,1H3;1H/q+1;/p-1. The molecule has 0 amide bonds. The zero-order chi connectivity index (χ0) is 14.8. The van der Waals surface area contributed by atoms with Gasteiger partial charge in [0.05, 0.1) is 11.0 Å². The molecule has 1 aromatic carbocycles. The summed E-state index contributed by atoms with van der Waals surface area (Å²) in [5, 5.41) is 10.8. The van der Waals surface area contributed by atoms with E-state index in [1.54, 1.807) is 6.07 Å². The van der Waals surface area contributed by atoms with Gasteiger partial charge in [-0.3, -0.25) is 10.1 Å². The number of oxazole rings is 1. The summed E-state index contributed by atoms with van der Waals surface area (Å²) in [6.45, 7) is 3.08. The van der Waals surface area contributed by atoms with Gasteiger partial charge < -0.3 is 28.4 Å². The molecule has 3 aromatic rings. The molecular weight excluding hydrogens is 397 g/mol. The molecule has 0 bridgehead atoms. The van der Waals surface area contributed by atoms with Crippen molar-refractivity contribution in [2.24, 2.45) is 0 Å². The molecule has 0 atom stereocenters. The highest BCUT2D eigenvalue weighted by Gasteiger charge is 2.13. The van der Waals surface area contributed by atoms with Crippen molar-refractivity contribution in [3.63, 3.8) is 0 Å². The number of nitrogens with zero attached hydrogens (tertiary/aromatic N) is 3. The van der Waals surface area contributed by atoms with Gasteiger partial charge in [-0.25, -0.2) is 9.55 Å². The Morgan fingerprint density at radius 1 is 1.27 bits per heavy atom. The van der Waals surface area contributed by atoms with Crippen molar-refractivity contribution in [2.75, 3.05) is 0 Å². The molecule has 0 aliphatic heterocycles. The van der Waals surface area contributed by atoms with Crippen molar-refractivity contribution < 1.29 is 37.9 Å². The largest absolute Gasteiger partial charge is 1.00 e. The van der Waals surface area contributed by atoms with Crippen LogP contribution in [-0.2, 0) is 6.54 Å². The van der Waals surface area contributed by atoms with Gasteiger partial charge in [-0.2, -0.15) is 0 Å². The molecule has 22 heavy (non-hydrogen) atoms. The normalized spacial score (nSPS) is 10.4. The lowest BCUT2D eigenvalue weighted by atomic mass is 10.2. The Labute approximate surface area is 144 Å². The predicted molar refractivity (Wildman–Crippen MR) is 76.6 cm³/mol. The lowest BCUT2D eigenvalue weighted by Crippen LogP contribution is -3.00. The van der Waals surface area contributed by atoms with Crippen LogP contribution in [0.15, 0.2) is 47.1 Å². The maximum absolute atomic E-state index is 10.8. The number of benzene rings is 1. The Morgan fingerprint density at radius 2 is 2.00 bits per heavy atom. The lowest BCUT2D eigenvalue weighted by Gasteiger charge is -1.95. The van der Waals surface area contributed by atoms with E-state index in [0.29, 0.717) is 17.0 Å². The molecule has 0 unspecified atom stereocenters. The second kappa shape index (κ2) is 6.82. The van der Waals surface area contributed by atoms with Gasteiger partial charge in [0.2, 0.25) is 5.89 Å². The third-order valence-corrected chi connectivity index (χ3v) is 3.20. The zero-order valence-corrected chi connectivity index (χ0v) is 14.1. The quantitative estimate of drug-likeness (QED) is 0.264. The Morgan fingerprint density at radius 3 is 2.64 bits per heavy atom. The number of fused-ring (bicyclic) bond motifs is 1. The molecule has 2 heterocycles. The fourth-order valence-corrected chi connectivity index (χ4v) is 2.16. The van der Waals surface area contributed by atoms with E-state index in [9.17, 15) is 10.1 Å². The Bertz CT molecular complexity index is 799. The van der Waals surface area contributed by atoms with E-state index in [0.717, 1.165) is 18.5 Å². The number of nitro benzene ring substituents is 1. The topological polar surface area (TPSA) is 73.0 Å². The van der Waals surface area contributed by atoms with E-state index in [1.165, 1.54) is 12.1 Å². The number of nitro groups is 1. The van der Waals surface area contributed by atoms with Crippen molar-refractivity contribution in [2.45, 2.75) is 19.9 Å². The number of non-ortho nitro benzene ring substituents is 1. The average Bonchev–Trinajstić information content (AvgIpc) is 2.91. The number of rotatable bonds is 4. The maximum atomic E-state index is 10.8. The Hall–Kier alpha value is -2.03. The second-order valence-electron chi connectivity index (χ2n) is 4.75. The molecule has 114 valence electrons. The van der Waals surface area contributed by atoms with Gasteiger partial charge in [-0.05, 0) is 6.07 Å². The van der Waals surface area contributed by atoms with Gasteiger partial charge in [0.1, 0.15) is 12.1 Å². The summed E-state index contributed by atoms with van der Waals surface area (Å²) in [5.74, 6) is 0.467. The first-order chi connectivity index (χ1) is 10.2. The number of pyridine rings is 1. The van der Waals surface area contributed by atoms with E-state index in [-0.39, 0.29) is 29.7 Å². The fraction of sp³-hybridized carbons (Fsp3) is 0.200. The SMILES string of the molecule is CCC[n+]1ccc(-c2nc3ccc([N+](=O)[O-])cc3o2)cc1.[I-]. The Kier molecular flexibility index (Phi) is 5.07. The van der Waals surface area contributed by atoms with E-state index in [2.05, 4.69) is 16.5 Å². The minimum atomic E-state index is -0.447. The van der Waals surface area contributed by atoms with Crippen LogP contribution >= 0.6 is 0 Å². The summed E-state index contributed by atoms with van der Waals surface area (Å²) in [7, 11) is 0. The fourth-order valence-electron chi connectivity index (χ4n) is 2.16. The molecule has 0 saturated heterocycles. The van der Waals surface area contributed by atoms with Crippen molar-refractivity contribution in [1.29, 1.82) is 0 Å². The molecular formula is C15H14IN3O3. The number of aromatic nitrogens is 2. The van der Waals surface area contributed by atoms with Crippen molar-refractivity contribution in [3.8, 4) is 11.5 Å². The van der Waals surface area contributed by atoms with Crippen LogP contribution in [0.3, 0.4) is 0 Å². The molecule has 0 N–H and O–H groups in total. The highest BCUT2D eigenvalue weighted by Crippen LogP contribution is 2.26. The molecule has 2 aromatic heterocycles. The summed E-state index contributed by atoms with van der Waals surface area (Å²) in [6, 6.07) is 8.27. The lowest BCUT2D eigenvalue weighted by molar-refractivity contribution is -0.696. The first-order valence-electron chi connectivity index (χ1n) is 6.72. The minimum absolute atomic E-state index is 0. The summed E-state index contributed by atoms with van der Waals surface area (Å²) < 4.78 is 7.70. The van der Waals surface area contributed by atoms with Gasteiger partial charge in [0, 0.05) is 30.2 Å². The molecule has 7 heteroatoms. The highest BCUT2D eigenvalue weighted by atomic mass is 127. The van der Waals surface area contributed by atoms with Crippen LogP contribution in [0.25, 0.3) is 22.6 Å². The third kappa shape index (κ3) is 3.24. The average molecular weight is 411 g/mol. The summed E-state index contributed by atoms with van der Waals surface area (Å²) in [6.07, 6.45) is 5.00.